The van der Waals surface area contributed by atoms with Crippen molar-refractivity contribution >= 4 is 75.2 Å². The molecule has 1 aliphatic carbocycles. The standard InChI is InChI=1S/C53H53Cl2FN6O7/c1-60-42-30-32(17-24-40(42)62(51(60)69)41-25-26-43(63)59-47(41)64)14-9-6-4-2-3-5-7-12-29-61-46(48(65)57-35-21-18-33(19-22-35)49(66)67)44(36-15-13-16-38(55)45(36)56)53(52(61)27-10-8-11-28-52)37-23-20-34(54)31-39(37)58-50(53)68/h13,15-24,30-31,41,44,46H,2-8,10-12,25-29H2,1H3,(H,57,65)(H,58,68)(H,66,67)(H,59,63,64)/t41?,44-,46+,53+/m0/s1. The maximum Gasteiger partial charge on any atom is 0.335 e. The number of likely N-dealkylation sites (tertiary alicyclic amines) is 1. The number of imide groups is 1. The highest BCUT2D eigenvalue weighted by molar-refractivity contribution is 6.31. The van der Waals surface area contributed by atoms with E-state index in [0.717, 1.165) is 56.9 Å². The lowest BCUT2D eigenvalue weighted by atomic mass is 9.55. The first-order chi connectivity index (χ1) is 33.3. The van der Waals surface area contributed by atoms with Gasteiger partial charge >= 0.3 is 11.7 Å². The van der Waals surface area contributed by atoms with Gasteiger partial charge in [-0.2, -0.15) is 0 Å². The molecule has 1 unspecified atom stereocenters. The molecule has 5 aromatic rings. The number of aromatic carboxylic acids is 1. The molecule has 3 aliphatic heterocycles. The number of anilines is 2. The molecule has 4 amide bonds. The number of hydrogen-bond donors (Lipinski definition) is 4. The third-order valence-corrected chi connectivity index (χ3v) is 15.4. The SMILES string of the molecule is Cn1c(=O)n(C2CCC(=O)NC2=O)c2ccc(C#CCCCCCCCCN3[C@@H](C(=O)Nc4ccc(C(=O)O)cc4)[C@H](c4cccc(Cl)c4F)[C@]4(C(=O)Nc5cc(Cl)ccc54)C34CCCCC4)cc21. The van der Waals surface area contributed by atoms with Crippen LogP contribution in [-0.4, -0.2) is 66.9 Å². The van der Waals surface area contributed by atoms with E-state index in [1.807, 2.05) is 18.2 Å². The van der Waals surface area contributed by atoms with E-state index in [9.17, 15) is 24.3 Å². The molecule has 1 saturated carbocycles. The van der Waals surface area contributed by atoms with E-state index >= 15 is 14.0 Å². The Labute approximate surface area is 408 Å². The molecule has 2 saturated heterocycles. The van der Waals surface area contributed by atoms with E-state index in [1.54, 1.807) is 37.4 Å². The Kier molecular flexibility index (Phi) is 13.6. The number of amides is 4. The normalized spacial score (nSPS) is 21.8. The lowest BCUT2D eigenvalue weighted by molar-refractivity contribution is -0.135. The van der Waals surface area contributed by atoms with Crippen LogP contribution in [0, 0.1) is 17.7 Å². The Balaban J connectivity index is 0.927. The number of carbonyl (C=O) groups excluding carboxylic acids is 4. The zero-order chi connectivity index (χ0) is 48.6. The van der Waals surface area contributed by atoms with E-state index in [0.29, 0.717) is 65.2 Å². The fourth-order valence-corrected chi connectivity index (χ4v) is 12.2. The van der Waals surface area contributed by atoms with Gasteiger partial charge in [-0.15, -0.1) is 0 Å². The molecular weight excluding hydrogens is 923 g/mol. The Morgan fingerprint density at radius 1 is 0.870 bits per heavy atom. The first-order valence-corrected chi connectivity index (χ1v) is 24.5. The molecule has 4 aromatic carbocycles. The molecule has 4 atom stereocenters. The van der Waals surface area contributed by atoms with Crippen LogP contribution in [0.15, 0.2) is 83.7 Å². The first-order valence-electron chi connectivity index (χ1n) is 23.8. The lowest BCUT2D eigenvalue weighted by Gasteiger charge is -2.51. The summed E-state index contributed by atoms with van der Waals surface area (Å²) in [7, 11) is 1.66. The van der Waals surface area contributed by atoms with Gasteiger partial charge in [-0.3, -0.25) is 38.5 Å². The molecule has 69 heavy (non-hydrogen) atoms. The van der Waals surface area contributed by atoms with Crippen LogP contribution in [0.3, 0.4) is 0 Å². The maximum absolute atomic E-state index is 16.7. The highest BCUT2D eigenvalue weighted by Gasteiger charge is 2.75. The number of benzene rings is 4. The van der Waals surface area contributed by atoms with Crippen LogP contribution in [0.25, 0.3) is 11.0 Å². The minimum absolute atomic E-state index is 0.0610. The monoisotopic (exact) mass is 974 g/mol. The highest BCUT2D eigenvalue weighted by Crippen LogP contribution is 2.66. The number of hydrogen-bond acceptors (Lipinski definition) is 7. The zero-order valence-electron chi connectivity index (χ0n) is 38.2. The van der Waals surface area contributed by atoms with Crippen molar-refractivity contribution in [3.8, 4) is 11.8 Å². The van der Waals surface area contributed by atoms with Crippen LogP contribution in [-0.2, 0) is 31.6 Å². The molecule has 4 aliphatic rings. The Hall–Kier alpha value is -6.27. The van der Waals surface area contributed by atoms with Crippen LogP contribution < -0.4 is 21.6 Å². The molecule has 4 N–H and O–H groups in total. The van der Waals surface area contributed by atoms with Crippen molar-refractivity contribution < 1.29 is 33.5 Å². The summed E-state index contributed by atoms with van der Waals surface area (Å²) in [6.07, 6.45) is 10.2. The fraction of sp³-hybridized carbons (Fsp3) is 0.396. The first kappa shape index (κ1) is 47.8. The molecule has 0 radical (unpaired) electrons. The number of nitrogens with one attached hydrogen (secondary N) is 3. The van der Waals surface area contributed by atoms with Crippen molar-refractivity contribution in [3.05, 3.63) is 127 Å². The van der Waals surface area contributed by atoms with Gasteiger partial charge in [0.2, 0.25) is 23.6 Å². The molecule has 3 fully saturated rings. The van der Waals surface area contributed by atoms with E-state index in [4.69, 9.17) is 23.2 Å². The smallest absolute Gasteiger partial charge is 0.335 e. The number of aryl methyl sites for hydroxylation is 1. The number of nitrogens with zero attached hydrogens (tertiary/aromatic N) is 3. The van der Waals surface area contributed by atoms with Crippen molar-refractivity contribution in [3.63, 3.8) is 0 Å². The van der Waals surface area contributed by atoms with Gasteiger partial charge in [0.1, 0.15) is 17.3 Å². The van der Waals surface area contributed by atoms with E-state index in [-0.39, 0.29) is 46.5 Å². The van der Waals surface area contributed by atoms with E-state index in [1.165, 1.54) is 39.5 Å². The van der Waals surface area contributed by atoms with Gasteiger partial charge in [-0.1, -0.05) is 98.2 Å². The molecule has 9 rings (SSSR count). The number of halogens is 3. The van der Waals surface area contributed by atoms with Crippen LogP contribution in [0.5, 0.6) is 0 Å². The van der Waals surface area contributed by atoms with Crippen molar-refractivity contribution in [1.29, 1.82) is 0 Å². The van der Waals surface area contributed by atoms with E-state index < -0.39 is 52.6 Å². The van der Waals surface area contributed by atoms with E-state index in [2.05, 4.69) is 32.7 Å². The quantitative estimate of drug-likeness (QED) is 0.0514. The lowest BCUT2D eigenvalue weighted by Crippen LogP contribution is -2.61. The molecular formula is C53H53Cl2FN6O7. The number of rotatable bonds is 13. The number of fused-ring (bicyclic) bond motifs is 4. The van der Waals surface area contributed by atoms with Crippen molar-refractivity contribution in [2.45, 2.75) is 119 Å². The number of aromatic nitrogens is 2. The van der Waals surface area contributed by atoms with Crippen molar-refractivity contribution in [2.24, 2.45) is 7.05 Å². The Morgan fingerprint density at radius 2 is 1.61 bits per heavy atom. The van der Waals surface area contributed by atoms with Gasteiger partial charge in [-0.05, 0) is 110 Å². The average Bonchev–Trinajstić information content (AvgIpc) is 3.85. The Bertz CT molecular complexity index is 3010. The van der Waals surface area contributed by atoms with Crippen molar-refractivity contribution in [1.82, 2.24) is 19.4 Å². The number of carboxylic acids is 1. The van der Waals surface area contributed by atoms with Crippen molar-refractivity contribution in [2.75, 3.05) is 17.2 Å². The largest absolute Gasteiger partial charge is 0.478 e. The summed E-state index contributed by atoms with van der Waals surface area (Å²) in [5, 5.41) is 18.4. The van der Waals surface area contributed by atoms with Gasteiger partial charge in [0, 0.05) is 53.3 Å². The molecule has 1 aromatic heterocycles. The van der Waals surface area contributed by atoms with Gasteiger partial charge < -0.3 is 15.7 Å². The number of imidazole rings is 1. The summed E-state index contributed by atoms with van der Waals surface area (Å²) >= 11 is 13.0. The summed E-state index contributed by atoms with van der Waals surface area (Å²) in [5.74, 6) is 2.13. The second-order valence-electron chi connectivity index (χ2n) is 18.7. The summed E-state index contributed by atoms with van der Waals surface area (Å²) in [6, 6.07) is 19.6. The molecule has 4 heterocycles. The predicted octanol–water partition coefficient (Wildman–Crippen LogP) is 9.24. The number of carboxylic acid groups (broad SMARTS) is 1. The number of piperidine rings is 1. The van der Waals surface area contributed by atoms with Crippen LogP contribution in [0.1, 0.15) is 129 Å². The molecule has 13 nitrogen and oxygen atoms in total. The van der Waals surface area contributed by atoms with Crippen LogP contribution in [0.4, 0.5) is 15.8 Å². The van der Waals surface area contributed by atoms with Crippen LogP contribution in [0.2, 0.25) is 10.0 Å². The number of carbonyl (C=O) groups is 5. The maximum atomic E-state index is 16.7. The molecule has 0 bridgehead atoms. The molecule has 16 heteroatoms. The third-order valence-electron chi connectivity index (χ3n) is 14.9. The molecule has 358 valence electrons. The summed E-state index contributed by atoms with van der Waals surface area (Å²) < 4.78 is 19.7. The highest BCUT2D eigenvalue weighted by atomic mass is 35.5. The third kappa shape index (κ3) is 8.52. The van der Waals surface area contributed by atoms with Crippen LogP contribution >= 0.6 is 23.2 Å². The fourth-order valence-electron chi connectivity index (χ4n) is 11.9. The summed E-state index contributed by atoms with van der Waals surface area (Å²) in [5.41, 5.74) is 1.21. The average molecular weight is 976 g/mol. The molecule has 2 spiro atoms. The second-order valence-corrected chi connectivity index (χ2v) is 19.6. The summed E-state index contributed by atoms with van der Waals surface area (Å²) in [4.78, 5) is 81.7. The Morgan fingerprint density at radius 3 is 2.35 bits per heavy atom. The van der Waals surface area contributed by atoms with Gasteiger partial charge in [0.05, 0.1) is 27.7 Å². The predicted molar refractivity (Wildman–Crippen MR) is 262 cm³/mol. The van der Waals surface area contributed by atoms with Gasteiger partial charge in [-0.25, -0.2) is 14.0 Å². The minimum Gasteiger partial charge on any atom is -0.478 e. The van der Waals surface area contributed by atoms with Gasteiger partial charge in [0.15, 0.2) is 0 Å². The minimum atomic E-state index is -1.40. The van der Waals surface area contributed by atoms with Gasteiger partial charge in [0.25, 0.3) is 0 Å². The summed E-state index contributed by atoms with van der Waals surface area (Å²) in [6.45, 7) is 0.463. The second kappa shape index (κ2) is 19.6. The topological polar surface area (TPSA) is 172 Å². The number of unbranched alkanes of at least 4 members (excludes halogenated alkanes) is 6. The zero-order valence-corrected chi connectivity index (χ0v) is 39.7.